The standard InChI is InChI=1S/C14H17N3O/c1-11(10-15)14(18)16-12-4-6-13(7-5-12)17-8-2-3-9-17/h4-7,11H,2-3,8-9H2,1H3,(H,16,18). The lowest BCUT2D eigenvalue weighted by Gasteiger charge is -2.17. The van der Waals surface area contributed by atoms with Gasteiger partial charge in [0, 0.05) is 24.5 Å². The molecule has 1 heterocycles. The maximum Gasteiger partial charge on any atom is 0.241 e. The van der Waals surface area contributed by atoms with Crippen molar-refractivity contribution in [1.82, 2.24) is 0 Å². The van der Waals surface area contributed by atoms with Crippen LogP contribution in [0.3, 0.4) is 0 Å². The van der Waals surface area contributed by atoms with E-state index in [9.17, 15) is 4.79 Å². The van der Waals surface area contributed by atoms with Gasteiger partial charge in [0.15, 0.2) is 0 Å². The lowest BCUT2D eigenvalue weighted by Crippen LogP contribution is -2.19. The van der Waals surface area contributed by atoms with Gasteiger partial charge in [-0.05, 0) is 44.0 Å². The summed E-state index contributed by atoms with van der Waals surface area (Å²) in [7, 11) is 0. The molecule has 1 atom stereocenters. The second kappa shape index (κ2) is 5.54. The Balaban J connectivity index is 1.99. The van der Waals surface area contributed by atoms with Gasteiger partial charge < -0.3 is 10.2 Å². The summed E-state index contributed by atoms with van der Waals surface area (Å²) in [6, 6.07) is 9.71. The first-order chi connectivity index (χ1) is 8.70. The minimum Gasteiger partial charge on any atom is -0.372 e. The Hall–Kier alpha value is -2.02. The van der Waals surface area contributed by atoms with Crippen LogP contribution in [0.4, 0.5) is 11.4 Å². The summed E-state index contributed by atoms with van der Waals surface area (Å²) in [4.78, 5) is 13.9. The molecular weight excluding hydrogens is 226 g/mol. The third-order valence-electron chi connectivity index (χ3n) is 3.19. The van der Waals surface area contributed by atoms with E-state index in [2.05, 4.69) is 10.2 Å². The van der Waals surface area contributed by atoms with Crippen LogP contribution in [0.1, 0.15) is 19.8 Å². The predicted molar refractivity (Wildman–Crippen MR) is 71.3 cm³/mol. The molecule has 1 aliphatic rings. The molecule has 4 nitrogen and oxygen atoms in total. The van der Waals surface area contributed by atoms with Crippen LogP contribution in [-0.2, 0) is 4.79 Å². The van der Waals surface area contributed by atoms with E-state index in [-0.39, 0.29) is 5.91 Å². The SMILES string of the molecule is CC(C#N)C(=O)Nc1ccc(N2CCCC2)cc1. The van der Waals surface area contributed by atoms with E-state index in [0.29, 0.717) is 0 Å². The lowest BCUT2D eigenvalue weighted by atomic mass is 10.2. The Morgan fingerprint density at radius 2 is 1.94 bits per heavy atom. The van der Waals surface area contributed by atoms with Crippen molar-refractivity contribution in [3.8, 4) is 6.07 Å². The quantitative estimate of drug-likeness (QED) is 0.886. The molecule has 1 aliphatic heterocycles. The van der Waals surface area contributed by atoms with Gasteiger partial charge in [0.2, 0.25) is 5.91 Å². The molecule has 4 heteroatoms. The van der Waals surface area contributed by atoms with Gasteiger partial charge in [-0.2, -0.15) is 5.26 Å². The largest absolute Gasteiger partial charge is 0.372 e. The van der Waals surface area contributed by atoms with Crippen molar-refractivity contribution in [2.45, 2.75) is 19.8 Å². The summed E-state index contributed by atoms with van der Waals surface area (Å²) < 4.78 is 0. The molecule has 0 radical (unpaired) electrons. The van der Waals surface area contributed by atoms with Crippen LogP contribution < -0.4 is 10.2 Å². The molecule has 2 rings (SSSR count). The molecule has 18 heavy (non-hydrogen) atoms. The number of nitrogens with one attached hydrogen (secondary N) is 1. The Bertz CT molecular complexity index is 455. The number of amides is 1. The third-order valence-corrected chi connectivity index (χ3v) is 3.19. The van der Waals surface area contributed by atoms with E-state index in [1.54, 1.807) is 6.92 Å². The third kappa shape index (κ3) is 2.80. The molecule has 1 saturated heterocycles. The van der Waals surface area contributed by atoms with Crippen molar-refractivity contribution < 1.29 is 4.79 Å². The summed E-state index contributed by atoms with van der Waals surface area (Å²) in [6.45, 7) is 3.81. The minimum atomic E-state index is -0.622. The van der Waals surface area contributed by atoms with E-state index in [0.717, 1.165) is 18.8 Å². The van der Waals surface area contributed by atoms with Gasteiger partial charge in [0.1, 0.15) is 5.92 Å². The van der Waals surface area contributed by atoms with Gasteiger partial charge in [-0.1, -0.05) is 0 Å². The van der Waals surface area contributed by atoms with Crippen molar-refractivity contribution >= 4 is 17.3 Å². The fourth-order valence-corrected chi connectivity index (χ4v) is 2.04. The minimum absolute atomic E-state index is 0.258. The van der Waals surface area contributed by atoms with E-state index in [1.807, 2.05) is 30.3 Å². The number of hydrogen-bond donors (Lipinski definition) is 1. The lowest BCUT2D eigenvalue weighted by molar-refractivity contribution is -0.117. The summed E-state index contributed by atoms with van der Waals surface area (Å²) in [6.07, 6.45) is 2.50. The average molecular weight is 243 g/mol. The van der Waals surface area contributed by atoms with Gasteiger partial charge in [0.05, 0.1) is 6.07 Å². The number of benzene rings is 1. The van der Waals surface area contributed by atoms with Gasteiger partial charge in [-0.3, -0.25) is 4.79 Å². The summed E-state index contributed by atoms with van der Waals surface area (Å²) in [5, 5.41) is 11.4. The number of carbonyl (C=O) groups is 1. The Kier molecular flexibility index (Phi) is 3.83. The first kappa shape index (κ1) is 12.4. The van der Waals surface area contributed by atoms with E-state index in [4.69, 9.17) is 5.26 Å². The van der Waals surface area contributed by atoms with Crippen LogP contribution in [0, 0.1) is 17.2 Å². The highest BCUT2D eigenvalue weighted by Crippen LogP contribution is 2.22. The number of carbonyl (C=O) groups excluding carboxylic acids is 1. The molecule has 0 saturated carbocycles. The maximum absolute atomic E-state index is 11.5. The fraction of sp³-hybridized carbons (Fsp3) is 0.429. The van der Waals surface area contributed by atoms with Crippen LogP contribution in [0.15, 0.2) is 24.3 Å². The summed E-state index contributed by atoms with van der Waals surface area (Å²) in [5.41, 5.74) is 1.93. The fourth-order valence-electron chi connectivity index (χ4n) is 2.04. The van der Waals surface area contributed by atoms with Crippen LogP contribution in [0.2, 0.25) is 0 Å². The number of hydrogen-bond acceptors (Lipinski definition) is 3. The van der Waals surface area contributed by atoms with E-state index >= 15 is 0 Å². The highest BCUT2D eigenvalue weighted by atomic mass is 16.1. The van der Waals surface area contributed by atoms with Crippen LogP contribution in [0.5, 0.6) is 0 Å². The van der Waals surface area contributed by atoms with Crippen molar-refractivity contribution in [3.05, 3.63) is 24.3 Å². The van der Waals surface area contributed by atoms with Crippen molar-refractivity contribution in [3.63, 3.8) is 0 Å². The van der Waals surface area contributed by atoms with Gasteiger partial charge >= 0.3 is 0 Å². The van der Waals surface area contributed by atoms with E-state index in [1.165, 1.54) is 18.5 Å². The number of nitriles is 1. The number of anilines is 2. The maximum atomic E-state index is 11.5. The number of rotatable bonds is 3. The zero-order valence-corrected chi connectivity index (χ0v) is 10.5. The Morgan fingerprint density at radius 3 is 2.50 bits per heavy atom. The Morgan fingerprint density at radius 1 is 1.33 bits per heavy atom. The highest BCUT2D eigenvalue weighted by molar-refractivity contribution is 5.93. The molecule has 0 bridgehead atoms. The van der Waals surface area contributed by atoms with Crippen LogP contribution >= 0.6 is 0 Å². The molecule has 1 amide bonds. The molecule has 1 aromatic carbocycles. The van der Waals surface area contributed by atoms with Crippen molar-refractivity contribution in [2.24, 2.45) is 5.92 Å². The first-order valence-electron chi connectivity index (χ1n) is 6.26. The zero-order chi connectivity index (χ0) is 13.0. The second-order valence-corrected chi connectivity index (χ2v) is 4.58. The van der Waals surface area contributed by atoms with Crippen molar-refractivity contribution in [2.75, 3.05) is 23.3 Å². The topological polar surface area (TPSA) is 56.1 Å². The molecule has 1 fully saturated rings. The van der Waals surface area contributed by atoms with Crippen LogP contribution in [0.25, 0.3) is 0 Å². The van der Waals surface area contributed by atoms with Gasteiger partial charge in [-0.15, -0.1) is 0 Å². The van der Waals surface area contributed by atoms with E-state index < -0.39 is 5.92 Å². The summed E-state index contributed by atoms with van der Waals surface area (Å²) >= 11 is 0. The summed E-state index contributed by atoms with van der Waals surface area (Å²) in [5.74, 6) is -0.880. The first-order valence-corrected chi connectivity index (χ1v) is 6.26. The van der Waals surface area contributed by atoms with Gasteiger partial charge in [-0.25, -0.2) is 0 Å². The highest BCUT2D eigenvalue weighted by Gasteiger charge is 2.13. The van der Waals surface area contributed by atoms with Crippen LogP contribution in [-0.4, -0.2) is 19.0 Å². The van der Waals surface area contributed by atoms with Crippen molar-refractivity contribution in [1.29, 1.82) is 5.26 Å². The van der Waals surface area contributed by atoms with Gasteiger partial charge in [0.25, 0.3) is 0 Å². The monoisotopic (exact) mass is 243 g/mol. The zero-order valence-electron chi connectivity index (χ0n) is 10.5. The average Bonchev–Trinajstić information content (AvgIpc) is 2.92. The predicted octanol–water partition coefficient (Wildman–Crippen LogP) is 2.38. The second-order valence-electron chi connectivity index (χ2n) is 4.58. The molecule has 0 aromatic heterocycles. The molecule has 1 aromatic rings. The Labute approximate surface area is 107 Å². The number of nitrogens with zero attached hydrogens (tertiary/aromatic N) is 2. The molecule has 1 N–H and O–H groups in total. The molecule has 0 spiro atoms. The molecular formula is C14H17N3O. The normalized spacial score (nSPS) is 16.1. The smallest absolute Gasteiger partial charge is 0.241 e. The molecule has 94 valence electrons. The molecule has 1 unspecified atom stereocenters. The molecule has 0 aliphatic carbocycles.